The van der Waals surface area contributed by atoms with Gasteiger partial charge in [-0.15, -0.1) is 0 Å². The first-order valence-electron chi connectivity index (χ1n) is 15.0. The van der Waals surface area contributed by atoms with Gasteiger partial charge in [0.1, 0.15) is 41.3 Å². The monoisotopic (exact) mass is 626 g/mol. The van der Waals surface area contributed by atoms with E-state index in [1.807, 2.05) is 0 Å². The molecule has 0 amide bonds. The van der Waals surface area contributed by atoms with Crippen molar-refractivity contribution in [1.82, 2.24) is 19.7 Å². The smallest absolute Gasteiger partial charge is 0.459 e. The molecule has 1 unspecified atom stereocenters. The van der Waals surface area contributed by atoms with Crippen LogP contribution in [0.1, 0.15) is 69.9 Å². The van der Waals surface area contributed by atoms with Crippen LogP contribution in [0.25, 0.3) is 5.52 Å². The molecule has 44 heavy (non-hydrogen) atoms. The topological polar surface area (TPSA) is 194 Å². The molecule has 14 heteroatoms. The number of anilines is 1. The second-order valence-electron chi connectivity index (χ2n) is 11.6. The quantitative estimate of drug-likeness (QED) is 0.188. The molecular formula is C30H39N6O7P. The van der Waals surface area contributed by atoms with Gasteiger partial charge in [-0.25, -0.2) is 14.1 Å². The van der Waals surface area contributed by atoms with E-state index >= 15 is 0 Å². The predicted octanol–water partition coefficient (Wildman–Crippen LogP) is 3.87. The largest absolute Gasteiger partial charge is 0.461 e. The number of ether oxygens (including phenoxy) is 1. The number of nitrogen functional groups attached to an aromatic ring is 1. The number of aliphatic hydroxyl groups is 2. The second kappa shape index (κ2) is 13.6. The standard InChI is InChI=1S/C30H39N6O7P/c1-20(29(39)42-21-10-6-3-2-4-7-11-21)35-44(40,43-22-12-8-5-9-13-22)41-18-30(17-31)16-23(26(37)27(30)38)24-14-15-25-28(32)33-19-34-36(24)25/h5,8-9,12-15,19-21,23,26-27,37-38H,2-4,6-7,10-11,16,18H2,1H3,(H,35,40)(H2,32,33,34)/t20-,23-,26-,27-,30-,44?/m0/s1. The fourth-order valence-corrected chi connectivity index (χ4v) is 7.56. The summed E-state index contributed by atoms with van der Waals surface area (Å²) in [5, 5.41) is 39.4. The van der Waals surface area contributed by atoms with Crippen molar-refractivity contribution < 1.29 is 33.4 Å². The summed E-state index contributed by atoms with van der Waals surface area (Å²) in [6, 6.07) is 12.7. The van der Waals surface area contributed by atoms with E-state index in [1.54, 1.807) is 42.5 Å². The SMILES string of the molecule is C[C@H](NP(=O)(OC[C@@]1(C#N)C[C@@H](c2ccc3c(N)ncnn23)[C@H](O)[C@@H]1O)Oc1ccccc1)C(=O)OC1CCCCCCC1. The molecule has 2 fully saturated rings. The Morgan fingerprint density at radius 3 is 2.59 bits per heavy atom. The number of nitrogens with zero attached hydrogens (tertiary/aromatic N) is 4. The average molecular weight is 627 g/mol. The Labute approximate surface area is 255 Å². The van der Waals surface area contributed by atoms with Crippen LogP contribution in [0, 0.1) is 16.7 Å². The Kier molecular flexibility index (Phi) is 9.87. The van der Waals surface area contributed by atoms with E-state index in [1.165, 1.54) is 24.2 Å². The lowest BCUT2D eigenvalue weighted by atomic mass is 9.86. The Morgan fingerprint density at radius 1 is 1.18 bits per heavy atom. The van der Waals surface area contributed by atoms with Crippen LogP contribution in [-0.4, -0.2) is 61.7 Å². The summed E-state index contributed by atoms with van der Waals surface area (Å²) < 4.78 is 33.0. The third kappa shape index (κ3) is 6.90. The van der Waals surface area contributed by atoms with E-state index < -0.39 is 49.9 Å². The van der Waals surface area contributed by atoms with Crippen molar-refractivity contribution in [3.05, 3.63) is 54.5 Å². The van der Waals surface area contributed by atoms with Crippen LogP contribution in [0.3, 0.4) is 0 Å². The number of aliphatic hydroxyl groups excluding tert-OH is 2. The molecule has 2 saturated carbocycles. The van der Waals surface area contributed by atoms with E-state index in [4.69, 9.17) is 19.5 Å². The highest BCUT2D eigenvalue weighted by atomic mass is 31.2. The maximum Gasteiger partial charge on any atom is 0.459 e. The minimum absolute atomic E-state index is 0.0491. The average Bonchev–Trinajstić information content (AvgIpc) is 3.53. The minimum Gasteiger partial charge on any atom is -0.461 e. The molecular weight excluding hydrogens is 587 g/mol. The van der Waals surface area contributed by atoms with Crippen molar-refractivity contribution in [1.29, 1.82) is 5.26 Å². The number of carbonyl (C=O) groups excluding carboxylic acids is 1. The van der Waals surface area contributed by atoms with Crippen LogP contribution in [0.2, 0.25) is 0 Å². The number of fused-ring (bicyclic) bond motifs is 1. The first kappa shape index (κ1) is 31.9. The van der Waals surface area contributed by atoms with E-state index in [9.17, 15) is 24.8 Å². The van der Waals surface area contributed by atoms with Crippen molar-refractivity contribution in [3.8, 4) is 11.8 Å². The molecule has 236 valence electrons. The van der Waals surface area contributed by atoms with Crippen molar-refractivity contribution in [2.75, 3.05) is 12.3 Å². The van der Waals surface area contributed by atoms with Gasteiger partial charge in [0.2, 0.25) is 0 Å². The van der Waals surface area contributed by atoms with E-state index in [2.05, 4.69) is 21.2 Å². The number of hydrogen-bond acceptors (Lipinski definition) is 11. The van der Waals surface area contributed by atoms with Gasteiger partial charge in [0, 0.05) is 11.6 Å². The van der Waals surface area contributed by atoms with Crippen LogP contribution in [0.5, 0.6) is 5.75 Å². The first-order valence-corrected chi connectivity index (χ1v) is 16.5. The summed E-state index contributed by atoms with van der Waals surface area (Å²) in [7, 11) is -4.34. The number of esters is 1. The van der Waals surface area contributed by atoms with Crippen molar-refractivity contribution in [2.45, 2.75) is 88.6 Å². The highest BCUT2D eigenvalue weighted by molar-refractivity contribution is 7.52. The Morgan fingerprint density at radius 2 is 1.89 bits per heavy atom. The molecule has 2 aromatic heterocycles. The summed E-state index contributed by atoms with van der Waals surface area (Å²) in [5.41, 5.74) is 5.31. The molecule has 0 saturated heterocycles. The molecule has 5 rings (SSSR count). The maximum atomic E-state index is 14.2. The summed E-state index contributed by atoms with van der Waals surface area (Å²) >= 11 is 0. The van der Waals surface area contributed by atoms with Gasteiger partial charge in [0.15, 0.2) is 5.82 Å². The van der Waals surface area contributed by atoms with Crippen molar-refractivity contribution in [3.63, 3.8) is 0 Å². The lowest BCUT2D eigenvalue weighted by Crippen LogP contribution is -2.41. The van der Waals surface area contributed by atoms with Crippen LogP contribution in [0.15, 0.2) is 48.8 Å². The molecule has 0 aliphatic heterocycles. The summed E-state index contributed by atoms with van der Waals surface area (Å²) in [6.07, 6.45) is 4.95. The van der Waals surface area contributed by atoms with E-state index in [-0.39, 0.29) is 24.1 Å². The zero-order valence-electron chi connectivity index (χ0n) is 24.6. The lowest BCUT2D eigenvalue weighted by Gasteiger charge is -2.29. The third-order valence-corrected chi connectivity index (χ3v) is 10.1. The summed E-state index contributed by atoms with van der Waals surface area (Å²) in [6.45, 7) is 0.936. The molecule has 6 atom stereocenters. The number of nitriles is 1. The van der Waals surface area contributed by atoms with Gasteiger partial charge in [-0.2, -0.15) is 15.4 Å². The molecule has 0 bridgehead atoms. The van der Waals surface area contributed by atoms with Gasteiger partial charge < -0.3 is 25.2 Å². The van der Waals surface area contributed by atoms with Crippen molar-refractivity contribution in [2.24, 2.45) is 5.41 Å². The molecule has 5 N–H and O–H groups in total. The van der Waals surface area contributed by atoms with Gasteiger partial charge in [0.25, 0.3) is 0 Å². The Bertz CT molecular complexity index is 1520. The van der Waals surface area contributed by atoms with Gasteiger partial charge in [-0.05, 0) is 63.3 Å². The first-order chi connectivity index (χ1) is 21.1. The van der Waals surface area contributed by atoms with E-state index in [0.717, 1.165) is 38.5 Å². The molecule has 0 spiro atoms. The molecule has 0 radical (unpaired) electrons. The molecule has 2 heterocycles. The number of benzene rings is 1. The van der Waals surface area contributed by atoms with Gasteiger partial charge in [-0.1, -0.05) is 37.5 Å². The number of nitrogens with two attached hydrogens (primary N) is 1. The number of carbonyl (C=O) groups is 1. The minimum atomic E-state index is -4.34. The lowest BCUT2D eigenvalue weighted by molar-refractivity contribution is -0.151. The number of hydrogen-bond donors (Lipinski definition) is 4. The van der Waals surface area contributed by atoms with Gasteiger partial charge in [-0.3, -0.25) is 9.32 Å². The third-order valence-electron chi connectivity index (χ3n) is 8.50. The molecule has 13 nitrogen and oxygen atoms in total. The highest BCUT2D eigenvalue weighted by Crippen LogP contribution is 2.52. The Balaban J connectivity index is 1.34. The summed E-state index contributed by atoms with van der Waals surface area (Å²) in [4.78, 5) is 17.0. The molecule has 1 aromatic carbocycles. The highest BCUT2D eigenvalue weighted by Gasteiger charge is 2.55. The normalized spacial score (nSPS) is 26.6. The zero-order valence-corrected chi connectivity index (χ0v) is 25.5. The van der Waals surface area contributed by atoms with Crippen LogP contribution < -0.4 is 15.3 Å². The molecule has 2 aliphatic carbocycles. The maximum absolute atomic E-state index is 14.2. The number of rotatable bonds is 10. The number of nitrogens with one attached hydrogen (secondary N) is 1. The molecule has 2 aliphatic rings. The number of para-hydroxylation sites is 1. The van der Waals surface area contributed by atoms with Crippen molar-refractivity contribution >= 4 is 25.1 Å². The second-order valence-corrected chi connectivity index (χ2v) is 13.3. The molecule has 3 aromatic rings. The Hall–Kier alpha value is -3.53. The zero-order chi connectivity index (χ0) is 31.3. The predicted molar refractivity (Wildman–Crippen MR) is 160 cm³/mol. The fourth-order valence-electron chi connectivity index (χ4n) is 6.01. The van der Waals surface area contributed by atoms with E-state index in [0.29, 0.717) is 11.2 Å². The summed E-state index contributed by atoms with van der Waals surface area (Å²) in [5.74, 6) is -0.882. The van der Waals surface area contributed by atoms with Crippen LogP contribution in [-0.2, 0) is 18.6 Å². The van der Waals surface area contributed by atoms with Crippen LogP contribution >= 0.6 is 7.75 Å². The number of aromatic nitrogens is 3. The fraction of sp³-hybridized carbons (Fsp3) is 0.533. The van der Waals surface area contributed by atoms with Gasteiger partial charge >= 0.3 is 13.7 Å². The van der Waals surface area contributed by atoms with Gasteiger partial charge in [0.05, 0.1) is 18.8 Å². The van der Waals surface area contributed by atoms with Crippen LogP contribution in [0.4, 0.5) is 5.82 Å².